The zero-order valence-corrected chi connectivity index (χ0v) is 20.2. The minimum atomic E-state index is -0.0496. The lowest BCUT2D eigenvalue weighted by molar-refractivity contribution is -0.126. The van der Waals surface area contributed by atoms with E-state index in [0.717, 1.165) is 12.1 Å². The molecule has 3 rings (SSSR count). The zero-order chi connectivity index (χ0) is 23.8. The largest absolute Gasteiger partial charge is 0.473 e. The van der Waals surface area contributed by atoms with Gasteiger partial charge in [-0.1, -0.05) is 44.2 Å². The molecular weight excluding hydrogens is 416 g/mol. The fourth-order valence-corrected chi connectivity index (χ4v) is 4.26. The van der Waals surface area contributed by atoms with Gasteiger partial charge in [-0.3, -0.25) is 9.59 Å². The highest BCUT2D eigenvalue weighted by atomic mass is 16.5. The van der Waals surface area contributed by atoms with Gasteiger partial charge >= 0.3 is 0 Å². The third-order valence-electron chi connectivity index (χ3n) is 5.85. The number of likely N-dealkylation sites (tertiary alicyclic amines) is 1. The van der Waals surface area contributed by atoms with Crippen LogP contribution in [-0.4, -0.2) is 66.9 Å². The van der Waals surface area contributed by atoms with Gasteiger partial charge in [0.15, 0.2) is 0 Å². The van der Waals surface area contributed by atoms with Crippen LogP contribution in [0, 0.1) is 11.3 Å². The first-order chi connectivity index (χ1) is 15.7. The molecule has 2 amide bonds. The Bertz CT molecular complexity index is 922. The van der Waals surface area contributed by atoms with Crippen LogP contribution in [-0.2, 0) is 11.4 Å². The summed E-state index contributed by atoms with van der Waals surface area (Å²) in [5.41, 5.74) is 1.61. The van der Waals surface area contributed by atoms with E-state index in [9.17, 15) is 9.59 Å². The number of rotatable bonds is 9. The van der Waals surface area contributed by atoms with Gasteiger partial charge in [-0.25, -0.2) is 4.98 Å². The van der Waals surface area contributed by atoms with Crippen molar-refractivity contribution in [1.82, 2.24) is 20.1 Å². The Morgan fingerprint density at radius 3 is 2.52 bits per heavy atom. The molecule has 2 aromatic rings. The topological polar surface area (TPSA) is 74.8 Å². The van der Waals surface area contributed by atoms with Crippen molar-refractivity contribution < 1.29 is 14.3 Å². The number of hydrogen-bond acceptors (Lipinski definition) is 5. The fourth-order valence-electron chi connectivity index (χ4n) is 4.26. The van der Waals surface area contributed by atoms with E-state index in [1.54, 1.807) is 18.3 Å². The summed E-state index contributed by atoms with van der Waals surface area (Å²) in [5, 5.41) is 3.11. The lowest BCUT2D eigenvalue weighted by Crippen LogP contribution is -2.46. The molecule has 1 aliphatic rings. The van der Waals surface area contributed by atoms with E-state index in [-0.39, 0.29) is 23.1 Å². The molecule has 1 aromatic carbocycles. The van der Waals surface area contributed by atoms with Gasteiger partial charge in [0, 0.05) is 49.9 Å². The minimum Gasteiger partial charge on any atom is -0.473 e. The first-order valence-electron chi connectivity index (χ1n) is 11.6. The van der Waals surface area contributed by atoms with Crippen LogP contribution in [0.3, 0.4) is 0 Å². The molecule has 178 valence electrons. The Hall–Kier alpha value is -2.93. The molecule has 0 atom stereocenters. The van der Waals surface area contributed by atoms with E-state index >= 15 is 0 Å². The Kier molecular flexibility index (Phi) is 8.44. The molecule has 0 bridgehead atoms. The maximum absolute atomic E-state index is 13.0. The van der Waals surface area contributed by atoms with E-state index in [2.05, 4.69) is 29.0 Å². The van der Waals surface area contributed by atoms with E-state index in [4.69, 9.17) is 4.74 Å². The van der Waals surface area contributed by atoms with Crippen LogP contribution in [0.25, 0.3) is 0 Å². The third kappa shape index (κ3) is 7.56. The van der Waals surface area contributed by atoms with Gasteiger partial charge in [0.1, 0.15) is 6.61 Å². The van der Waals surface area contributed by atoms with Crippen molar-refractivity contribution in [3.05, 3.63) is 59.8 Å². The van der Waals surface area contributed by atoms with Gasteiger partial charge in [-0.2, -0.15) is 0 Å². The molecule has 0 unspecified atom stereocenters. The number of piperidine rings is 1. The van der Waals surface area contributed by atoms with E-state index in [1.165, 1.54) is 0 Å². The Morgan fingerprint density at radius 1 is 1.15 bits per heavy atom. The van der Waals surface area contributed by atoms with Crippen LogP contribution in [0.15, 0.2) is 48.7 Å². The number of carbonyl (C=O) groups is 2. The van der Waals surface area contributed by atoms with Gasteiger partial charge in [0.2, 0.25) is 11.8 Å². The van der Waals surface area contributed by atoms with E-state index in [1.807, 2.05) is 49.3 Å². The van der Waals surface area contributed by atoms with Gasteiger partial charge in [0.05, 0.1) is 0 Å². The number of aromatic nitrogens is 1. The van der Waals surface area contributed by atoms with Crippen molar-refractivity contribution >= 4 is 11.8 Å². The van der Waals surface area contributed by atoms with Crippen LogP contribution in [0.2, 0.25) is 0 Å². The molecule has 1 saturated heterocycles. The van der Waals surface area contributed by atoms with E-state index in [0.29, 0.717) is 50.5 Å². The normalized spacial score (nSPS) is 14.9. The lowest BCUT2D eigenvalue weighted by atomic mass is 9.91. The van der Waals surface area contributed by atoms with Gasteiger partial charge in [-0.15, -0.1) is 0 Å². The van der Waals surface area contributed by atoms with E-state index < -0.39 is 0 Å². The Morgan fingerprint density at radius 2 is 1.85 bits per heavy atom. The smallest absolute Gasteiger partial charge is 0.254 e. The first kappa shape index (κ1) is 24.7. The summed E-state index contributed by atoms with van der Waals surface area (Å²) in [4.78, 5) is 33.8. The van der Waals surface area contributed by atoms with Crippen LogP contribution >= 0.6 is 0 Å². The average Bonchev–Trinajstić information content (AvgIpc) is 2.81. The molecule has 1 fully saturated rings. The standard InChI is InChI=1S/C26H36N4O3/c1-26(2,19-29(3)4)18-28-24(31)21-11-14-30(15-12-21)25(32)22-10-13-27-23(16-22)33-17-20-8-6-5-7-9-20/h5-10,13,16,21H,11-12,14-15,17-19H2,1-4H3,(H,28,31). The van der Waals surface area contributed by atoms with Crippen molar-refractivity contribution in [3.63, 3.8) is 0 Å². The highest BCUT2D eigenvalue weighted by Gasteiger charge is 2.29. The Balaban J connectivity index is 1.48. The highest BCUT2D eigenvalue weighted by Crippen LogP contribution is 2.22. The lowest BCUT2D eigenvalue weighted by Gasteiger charge is -2.33. The molecule has 0 saturated carbocycles. The summed E-state index contributed by atoms with van der Waals surface area (Å²) in [6, 6.07) is 13.2. The summed E-state index contributed by atoms with van der Waals surface area (Å²) in [5.74, 6) is 0.424. The number of amides is 2. The SMILES string of the molecule is CN(C)CC(C)(C)CNC(=O)C1CCN(C(=O)c2ccnc(OCc3ccccc3)c2)CC1. The van der Waals surface area contributed by atoms with Crippen LogP contribution < -0.4 is 10.1 Å². The zero-order valence-electron chi connectivity index (χ0n) is 20.2. The number of hydrogen-bond donors (Lipinski definition) is 1. The summed E-state index contributed by atoms with van der Waals surface area (Å²) in [7, 11) is 4.08. The second kappa shape index (κ2) is 11.3. The van der Waals surface area contributed by atoms with Crippen LogP contribution in [0.5, 0.6) is 5.88 Å². The predicted molar refractivity (Wildman–Crippen MR) is 129 cm³/mol. The average molecular weight is 453 g/mol. The summed E-state index contributed by atoms with van der Waals surface area (Å²) < 4.78 is 5.76. The number of pyridine rings is 1. The maximum Gasteiger partial charge on any atom is 0.254 e. The predicted octanol–water partition coefficient (Wildman–Crippen LogP) is 3.22. The fraction of sp³-hybridized carbons (Fsp3) is 0.500. The molecule has 33 heavy (non-hydrogen) atoms. The molecule has 7 nitrogen and oxygen atoms in total. The number of nitrogens with zero attached hydrogens (tertiary/aromatic N) is 3. The molecule has 7 heteroatoms. The number of nitrogens with one attached hydrogen (secondary N) is 1. The summed E-state index contributed by atoms with van der Waals surface area (Å²) in [6.45, 7) is 7.40. The number of carbonyl (C=O) groups excluding carboxylic acids is 2. The van der Waals surface area contributed by atoms with Crippen molar-refractivity contribution in [1.29, 1.82) is 0 Å². The third-order valence-corrected chi connectivity index (χ3v) is 5.85. The second-order valence-electron chi connectivity index (χ2n) is 9.84. The summed E-state index contributed by atoms with van der Waals surface area (Å²) in [6.07, 6.45) is 2.95. The van der Waals surface area contributed by atoms with Crippen molar-refractivity contribution in [2.75, 3.05) is 40.3 Å². The molecule has 1 aromatic heterocycles. The van der Waals surface area contributed by atoms with Gasteiger partial charge < -0.3 is 19.9 Å². The summed E-state index contributed by atoms with van der Waals surface area (Å²) >= 11 is 0. The molecule has 2 heterocycles. The van der Waals surface area contributed by atoms with Crippen molar-refractivity contribution in [3.8, 4) is 5.88 Å². The quantitative estimate of drug-likeness (QED) is 0.632. The van der Waals surface area contributed by atoms with Crippen LogP contribution in [0.1, 0.15) is 42.6 Å². The monoisotopic (exact) mass is 452 g/mol. The van der Waals surface area contributed by atoms with Gasteiger partial charge in [0.25, 0.3) is 5.91 Å². The minimum absolute atomic E-state index is 0.0114. The van der Waals surface area contributed by atoms with Crippen LogP contribution in [0.4, 0.5) is 0 Å². The maximum atomic E-state index is 13.0. The molecule has 1 aliphatic heterocycles. The molecule has 1 N–H and O–H groups in total. The molecule has 0 spiro atoms. The highest BCUT2D eigenvalue weighted by molar-refractivity contribution is 5.94. The number of ether oxygens (including phenoxy) is 1. The first-order valence-corrected chi connectivity index (χ1v) is 11.6. The molecule has 0 radical (unpaired) electrons. The second-order valence-corrected chi connectivity index (χ2v) is 9.84. The Labute approximate surface area is 197 Å². The van der Waals surface area contributed by atoms with Crippen molar-refractivity contribution in [2.45, 2.75) is 33.3 Å². The van der Waals surface area contributed by atoms with Crippen molar-refractivity contribution in [2.24, 2.45) is 11.3 Å². The molecular formula is C26H36N4O3. The molecule has 0 aliphatic carbocycles. The number of benzene rings is 1. The van der Waals surface area contributed by atoms with Gasteiger partial charge in [-0.05, 0) is 44.0 Å².